The molecule has 0 spiro atoms. The van der Waals surface area contributed by atoms with Gasteiger partial charge in [0.25, 0.3) is 0 Å². The summed E-state index contributed by atoms with van der Waals surface area (Å²) in [5.74, 6) is 0. The van der Waals surface area contributed by atoms with Crippen LogP contribution in [0.15, 0.2) is 36.4 Å². The third-order valence-electron chi connectivity index (χ3n) is 4.43. The minimum atomic E-state index is -0.340. The van der Waals surface area contributed by atoms with E-state index in [1.165, 1.54) is 16.0 Å². The van der Waals surface area contributed by atoms with Gasteiger partial charge in [0.2, 0.25) is 0 Å². The molecular weight excluding hydrogens is 292 g/mol. The maximum absolute atomic E-state index is 11.1. The zero-order valence-electron chi connectivity index (χ0n) is 13.5. The number of rotatable bonds is 4. The van der Waals surface area contributed by atoms with E-state index in [1.54, 1.807) is 18.5 Å². The molecule has 3 rings (SSSR count). The second-order valence-corrected chi connectivity index (χ2v) is 5.98. The van der Waals surface area contributed by atoms with Gasteiger partial charge in [-0.05, 0) is 31.1 Å². The highest BCUT2D eigenvalue weighted by Crippen LogP contribution is 2.21. The van der Waals surface area contributed by atoms with Crippen LogP contribution < -0.4 is 4.90 Å². The number of nitrogens with one attached hydrogen (secondary N) is 1. The molecule has 1 aromatic carbocycles. The van der Waals surface area contributed by atoms with E-state index in [1.807, 2.05) is 6.07 Å². The monoisotopic (exact) mass is 313 g/mol. The van der Waals surface area contributed by atoms with E-state index < -0.39 is 0 Å². The molecule has 1 unspecified atom stereocenters. The molecule has 120 valence electrons. The van der Waals surface area contributed by atoms with Crippen LogP contribution in [-0.2, 0) is 6.67 Å². The molecule has 6 heteroatoms. The van der Waals surface area contributed by atoms with Crippen molar-refractivity contribution in [3.8, 4) is 0 Å². The van der Waals surface area contributed by atoms with Crippen LogP contribution in [0.3, 0.4) is 0 Å². The van der Waals surface area contributed by atoms with Gasteiger partial charge < -0.3 is 4.90 Å². The SMILES string of the molecule is Cc1nn(C[NH+]2CC=C(c3ccccc3)CC2)c(C)c1[N+](=O)[O-]. The Morgan fingerprint density at radius 1 is 1.30 bits per heavy atom. The van der Waals surface area contributed by atoms with Crippen LogP contribution in [-0.4, -0.2) is 27.8 Å². The number of quaternary nitrogens is 1. The van der Waals surface area contributed by atoms with Crippen LogP contribution in [0.1, 0.15) is 23.4 Å². The van der Waals surface area contributed by atoms with Gasteiger partial charge in [0.1, 0.15) is 11.4 Å². The molecule has 1 aliphatic heterocycles. The fraction of sp³-hybridized carbons (Fsp3) is 0.353. The Labute approximate surface area is 135 Å². The predicted octanol–water partition coefficient (Wildman–Crippen LogP) is 1.74. The van der Waals surface area contributed by atoms with Gasteiger partial charge in [-0.1, -0.05) is 30.3 Å². The van der Waals surface area contributed by atoms with Crippen LogP contribution in [0, 0.1) is 24.0 Å². The van der Waals surface area contributed by atoms with E-state index in [0.29, 0.717) is 18.1 Å². The Kier molecular flexibility index (Phi) is 4.25. The molecule has 0 amide bonds. The third kappa shape index (κ3) is 3.17. The molecule has 1 N–H and O–H groups in total. The van der Waals surface area contributed by atoms with Crippen molar-refractivity contribution >= 4 is 11.3 Å². The van der Waals surface area contributed by atoms with Crippen molar-refractivity contribution in [1.82, 2.24) is 9.78 Å². The topological polar surface area (TPSA) is 65.4 Å². The first-order valence-electron chi connectivity index (χ1n) is 7.82. The molecule has 0 fully saturated rings. The van der Waals surface area contributed by atoms with Gasteiger partial charge in [0.05, 0.1) is 18.0 Å². The number of hydrogen-bond donors (Lipinski definition) is 1. The largest absolute Gasteiger partial charge is 0.313 e. The van der Waals surface area contributed by atoms with Crippen LogP contribution in [0.25, 0.3) is 5.57 Å². The summed E-state index contributed by atoms with van der Waals surface area (Å²) in [6, 6.07) is 10.4. The highest BCUT2D eigenvalue weighted by atomic mass is 16.6. The Hall–Kier alpha value is -2.47. The van der Waals surface area contributed by atoms with Gasteiger partial charge in [-0.15, -0.1) is 0 Å². The summed E-state index contributed by atoms with van der Waals surface area (Å²) in [6.45, 7) is 6.05. The smallest absolute Gasteiger partial charge is 0.312 e. The average molecular weight is 313 g/mol. The summed E-state index contributed by atoms with van der Waals surface area (Å²) < 4.78 is 1.77. The van der Waals surface area contributed by atoms with E-state index in [9.17, 15) is 10.1 Å². The molecule has 2 heterocycles. The van der Waals surface area contributed by atoms with E-state index in [-0.39, 0.29) is 10.6 Å². The van der Waals surface area contributed by atoms with Crippen molar-refractivity contribution in [2.24, 2.45) is 0 Å². The zero-order chi connectivity index (χ0) is 16.4. The molecule has 6 nitrogen and oxygen atoms in total. The number of nitro groups is 1. The molecule has 2 aromatic rings. The maximum Gasteiger partial charge on any atom is 0.312 e. The molecule has 0 bridgehead atoms. The summed E-state index contributed by atoms with van der Waals surface area (Å²) in [7, 11) is 0. The van der Waals surface area contributed by atoms with Gasteiger partial charge in [0, 0.05) is 6.42 Å². The van der Waals surface area contributed by atoms with E-state index in [2.05, 4.69) is 35.4 Å². The molecule has 0 saturated heterocycles. The Balaban J connectivity index is 1.71. The number of benzene rings is 1. The number of aryl methyl sites for hydroxylation is 1. The van der Waals surface area contributed by atoms with E-state index >= 15 is 0 Å². The highest BCUT2D eigenvalue weighted by Gasteiger charge is 2.24. The lowest BCUT2D eigenvalue weighted by Gasteiger charge is -2.24. The van der Waals surface area contributed by atoms with Gasteiger partial charge in [-0.3, -0.25) is 10.1 Å². The summed E-state index contributed by atoms with van der Waals surface area (Å²) in [4.78, 5) is 12.1. The van der Waals surface area contributed by atoms with Gasteiger partial charge in [-0.2, -0.15) is 5.10 Å². The first kappa shape index (κ1) is 15.4. The van der Waals surface area contributed by atoms with Crippen molar-refractivity contribution in [1.29, 1.82) is 0 Å². The number of nitrogens with zero attached hydrogens (tertiary/aromatic N) is 3. The minimum Gasteiger partial charge on any atom is -0.313 e. The van der Waals surface area contributed by atoms with Crippen molar-refractivity contribution in [2.45, 2.75) is 26.9 Å². The lowest BCUT2D eigenvalue weighted by Crippen LogP contribution is -3.11. The predicted molar refractivity (Wildman–Crippen MR) is 88.1 cm³/mol. The van der Waals surface area contributed by atoms with Crippen LogP contribution in [0.4, 0.5) is 5.69 Å². The average Bonchev–Trinajstić information content (AvgIpc) is 2.83. The molecule has 0 saturated carbocycles. The standard InChI is InChI=1S/C17H20N4O2/c1-13-17(21(22)23)14(2)20(18-13)12-19-10-8-16(9-11-19)15-6-4-3-5-7-15/h3-8H,9-12H2,1-2H3/p+1. The van der Waals surface area contributed by atoms with E-state index in [0.717, 1.165) is 19.5 Å². The molecule has 23 heavy (non-hydrogen) atoms. The molecule has 0 aliphatic carbocycles. The normalized spacial score (nSPS) is 17.8. The maximum atomic E-state index is 11.1. The van der Waals surface area contributed by atoms with Gasteiger partial charge >= 0.3 is 5.69 Å². The fourth-order valence-corrected chi connectivity index (χ4v) is 3.16. The molecule has 1 aromatic heterocycles. The van der Waals surface area contributed by atoms with Gasteiger partial charge in [-0.25, -0.2) is 4.68 Å². The minimum absolute atomic E-state index is 0.141. The lowest BCUT2D eigenvalue weighted by atomic mass is 10.00. The highest BCUT2D eigenvalue weighted by molar-refractivity contribution is 5.65. The quantitative estimate of drug-likeness (QED) is 0.691. The molecule has 0 radical (unpaired) electrons. The Morgan fingerprint density at radius 2 is 2.04 bits per heavy atom. The first-order chi connectivity index (χ1) is 11.1. The molecule has 1 atom stereocenters. The number of hydrogen-bond acceptors (Lipinski definition) is 3. The second kappa shape index (κ2) is 6.34. The lowest BCUT2D eigenvalue weighted by molar-refractivity contribution is -0.918. The molecule has 1 aliphatic rings. The van der Waals surface area contributed by atoms with Crippen molar-refractivity contribution in [3.63, 3.8) is 0 Å². The summed E-state index contributed by atoms with van der Waals surface area (Å²) >= 11 is 0. The summed E-state index contributed by atoms with van der Waals surface area (Å²) in [5.41, 5.74) is 3.94. The first-order valence-corrected chi connectivity index (χ1v) is 7.82. The Bertz CT molecular complexity index is 749. The number of aromatic nitrogens is 2. The summed E-state index contributed by atoms with van der Waals surface area (Å²) in [6.07, 6.45) is 3.29. The van der Waals surface area contributed by atoms with E-state index in [4.69, 9.17) is 0 Å². The zero-order valence-corrected chi connectivity index (χ0v) is 13.5. The fourth-order valence-electron chi connectivity index (χ4n) is 3.16. The van der Waals surface area contributed by atoms with Gasteiger partial charge in [0.15, 0.2) is 6.67 Å². The third-order valence-corrected chi connectivity index (χ3v) is 4.43. The van der Waals surface area contributed by atoms with Crippen LogP contribution in [0.2, 0.25) is 0 Å². The molecular formula is C17H21N4O2+. The summed E-state index contributed by atoms with van der Waals surface area (Å²) in [5, 5.41) is 15.4. The van der Waals surface area contributed by atoms with Crippen molar-refractivity contribution in [3.05, 3.63) is 63.5 Å². The van der Waals surface area contributed by atoms with Crippen LogP contribution >= 0.6 is 0 Å². The van der Waals surface area contributed by atoms with Crippen LogP contribution in [0.5, 0.6) is 0 Å². The van der Waals surface area contributed by atoms with Crippen molar-refractivity contribution in [2.75, 3.05) is 13.1 Å². The van der Waals surface area contributed by atoms with Crippen molar-refractivity contribution < 1.29 is 9.82 Å². The Morgan fingerprint density at radius 3 is 2.61 bits per heavy atom. The second-order valence-electron chi connectivity index (χ2n) is 5.98.